The topological polar surface area (TPSA) is 83.7 Å². The van der Waals surface area contributed by atoms with Crippen LogP contribution in [0.2, 0.25) is 0 Å². The number of nitrogens with zero attached hydrogens (tertiary/aromatic N) is 3. The molecular formula is C16H27N5O2. The van der Waals surface area contributed by atoms with Crippen LogP contribution in [-0.2, 0) is 9.53 Å². The van der Waals surface area contributed by atoms with E-state index >= 15 is 0 Å². The Kier molecular flexibility index (Phi) is 6.76. The van der Waals surface area contributed by atoms with E-state index < -0.39 is 6.04 Å². The first-order valence-electron chi connectivity index (χ1n) is 8.03. The van der Waals surface area contributed by atoms with Crippen LogP contribution < -0.4 is 16.0 Å². The average Bonchev–Trinajstić information content (AvgIpc) is 2.56. The number of carbonyl (C=O) groups excluding carboxylic acids is 1. The molecule has 7 heteroatoms. The molecule has 128 valence electrons. The number of rotatable bonds is 7. The Bertz CT molecular complexity index is 477. The van der Waals surface area contributed by atoms with E-state index in [1.165, 1.54) is 7.11 Å². The van der Waals surface area contributed by atoms with Gasteiger partial charge in [-0.25, -0.2) is 4.98 Å². The molecule has 1 fully saturated rings. The molecule has 1 saturated heterocycles. The lowest BCUT2D eigenvalue weighted by atomic mass is 10.2. The summed E-state index contributed by atoms with van der Waals surface area (Å²) in [5, 5.41) is 2.94. The molecule has 2 unspecified atom stereocenters. The average molecular weight is 321 g/mol. The molecule has 3 N–H and O–H groups in total. The van der Waals surface area contributed by atoms with Gasteiger partial charge in [0.25, 0.3) is 0 Å². The van der Waals surface area contributed by atoms with Crippen molar-refractivity contribution in [1.29, 1.82) is 0 Å². The van der Waals surface area contributed by atoms with Gasteiger partial charge in [0.1, 0.15) is 11.9 Å². The van der Waals surface area contributed by atoms with Gasteiger partial charge in [-0.1, -0.05) is 6.07 Å². The normalized spacial score (nSPS) is 18.5. The number of nitrogens with one attached hydrogen (secondary N) is 1. The van der Waals surface area contributed by atoms with Gasteiger partial charge >= 0.3 is 0 Å². The van der Waals surface area contributed by atoms with Gasteiger partial charge in [-0.15, -0.1) is 0 Å². The lowest BCUT2D eigenvalue weighted by Gasteiger charge is -2.36. The monoisotopic (exact) mass is 321 g/mol. The molecule has 1 aliphatic rings. The second-order valence-corrected chi connectivity index (χ2v) is 5.95. The number of nitrogens with two attached hydrogens (primary N) is 1. The van der Waals surface area contributed by atoms with Crippen LogP contribution >= 0.6 is 0 Å². The molecule has 1 aliphatic heterocycles. The molecular weight excluding hydrogens is 294 g/mol. The Labute approximate surface area is 137 Å². The lowest BCUT2D eigenvalue weighted by molar-refractivity contribution is -0.124. The minimum absolute atomic E-state index is 0.0619. The van der Waals surface area contributed by atoms with Crippen molar-refractivity contribution in [2.45, 2.75) is 19.0 Å². The van der Waals surface area contributed by atoms with Gasteiger partial charge in [0, 0.05) is 52.1 Å². The quantitative estimate of drug-likeness (QED) is 0.716. The molecule has 0 saturated carbocycles. The summed E-state index contributed by atoms with van der Waals surface area (Å²) in [4.78, 5) is 20.9. The summed E-state index contributed by atoms with van der Waals surface area (Å²) in [6, 6.07) is 5.43. The number of amides is 1. The number of aromatic nitrogens is 1. The highest BCUT2D eigenvalue weighted by Gasteiger charge is 2.21. The lowest BCUT2D eigenvalue weighted by Crippen LogP contribution is -2.53. The number of carbonyl (C=O) groups is 1. The van der Waals surface area contributed by atoms with Crippen LogP contribution in [0, 0.1) is 0 Å². The predicted molar refractivity (Wildman–Crippen MR) is 90.3 cm³/mol. The number of hydrogen-bond acceptors (Lipinski definition) is 6. The molecule has 2 rings (SSSR count). The Balaban J connectivity index is 1.72. The molecule has 0 spiro atoms. The van der Waals surface area contributed by atoms with E-state index in [9.17, 15) is 4.79 Å². The molecule has 0 bridgehead atoms. The molecule has 2 heterocycles. The van der Waals surface area contributed by atoms with Crippen molar-refractivity contribution < 1.29 is 9.53 Å². The van der Waals surface area contributed by atoms with E-state index in [4.69, 9.17) is 10.5 Å². The van der Waals surface area contributed by atoms with Gasteiger partial charge < -0.3 is 20.7 Å². The Morgan fingerprint density at radius 1 is 1.39 bits per heavy atom. The molecule has 1 aromatic rings. The maximum absolute atomic E-state index is 11.9. The summed E-state index contributed by atoms with van der Waals surface area (Å²) in [5.41, 5.74) is 5.73. The first-order valence-corrected chi connectivity index (χ1v) is 8.03. The first-order chi connectivity index (χ1) is 11.1. The van der Waals surface area contributed by atoms with Crippen LogP contribution in [0.3, 0.4) is 0 Å². The minimum Gasteiger partial charge on any atom is -0.383 e. The Hall–Kier alpha value is -1.70. The summed E-state index contributed by atoms with van der Waals surface area (Å²) in [6.07, 6.45) is 1.82. The molecule has 7 nitrogen and oxygen atoms in total. The van der Waals surface area contributed by atoms with E-state index in [1.807, 2.05) is 31.3 Å². The largest absolute Gasteiger partial charge is 0.383 e. The molecule has 0 aromatic carbocycles. The molecule has 0 aliphatic carbocycles. The number of piperazine rings is 1. The third-order valence-corrected chi connectivity index (χ3v) is 3.95. The smallest absolute Gasteiger partial charge is 0.239 e. The van der Waals surface area contributed by atoms with Gasteiger partial charge in [0.05, 0.1) is 6.61 Å². The van der Waals surface area contributed by atoms with E-state index in [0.717, 1.165) is 38.5 Å². The zero-order chi connectivity index (χ0) is 16.7. The van der Waals surface area contributed by atoms with E-state index in [1.54, 1.807) is 0 Å². The number of pyridine rings is 1. The molecule has 1 amide bonds. The fourth-order valence-corrected chi connectivity index (χ4v) is 2.74. The summed E-state index contributed by atoms with van der Waals surface area (Å²) in [5.74, 6) is 0.866. The summed E-state index contributed by atoms with van der Waals surface area (Å²) in [7, 11) is 1.54. The van der Waals surface area contributed by atoms with Crippen molar-refractivity contribution in [2.75, 3.05) is 51.3 Å². The third-order valence-electron chi connectivity index (χ3n) is 3.95. The molecule has 0 radical (unpaired) electrons. The van der Waals surface area contributed by atoms with E-state index in [-0.39, 0.29) is 18.6 Å². The van der Waals surface area contributed by atoms with Crippen molar-refractivity contribution >= 4 is 11.7 Å². The Morgan fingerprint density at radius 2 is 2.13 bits per heavy atom. The highest BCUT2D eigenvalue weighted by Crippen LogP contribution is 2.12. The van der Waals surface area contributed by atoms with Gasteiger partial charge in [-0.2, -0.15) is 0 Å². The van der Waals surface area contributed by atoms with Crippen LogP contribution in [-0.4, -0.2) is 74.3 Å². The number of anilines is 1. The van der Waals surface area contributed by atoms with Crippen molar-refractivity contribution in [2.24, 2.45) is 5.73 Å². The maximum atomic E-state index is 11.9. The van der Waals surface area contributed by atoms with Crippen molar-refractivity contribution in [3.63, 3.8) is 0 Å². The second-order valence-electron chi connectivity index (χ2n) is 5.95. The summed E-state index contributed by atoms with van der Waals surface area (Å²) >= 11 is 0. The van der Waals surface area contributed by atoms with Gasteiger partial charge in [0.15, 0.2) is 0 Å². The summed E-state index contributed by atoms with van der Waals surface area (Å²) < 4.78 is 4.90. The van der Waals surface area contributed by atoms with E-state index in [2.05, 4.69) is 20.1 Å². The standard InChI is InChI=1S/C16H27N5O2/c1-13(19-16(22)14(17)12-23-2)11-20-7-9-21(10-8-20)15-5-3-4-6-18-15/h3-6,13-14H,7-12,17H2,1-2H3,(H,19,22). The number of ether oxygens (including phenoxy) is 1. The molecule has 1 aromatic heterocycles. The van der Waals surface area contributed by atoms with Gasteiger partial charge in [-0.3, -0.25) is 9.69 Å². The molecule has 2 atom stereocenters. The number of hydrogen-bond donors (Lipinski definition) is 2. The predicted octanol–water partition coefficient (Wildman–Crippen LogP) is -0.318. The van der Waals surface area contributed by atoms with Crippen LogP contribution in [0.15, 0.2) is 24.4 Å². The zero-order valence-electron chi connectivity index (χ0n) is 13.9. The fourth-order valence-electron chi connectivity index (χ4n) is 2.74. The van der Waals surface area contributed by atoms with Crippen LogP contribution in [0.1, 0.15) is 6.92 Å². The highest BCUT2D eigenvalue weighted by atomic mass is 16.5. The van der Waals surface area contributed by atoms with Gasteiger partial charge in [-0.05, 0) is 19.1 Å². The summed E-state index contributed by atoms with van der Waals surface area (Å²) in [6.45, 7) is 6.87. The fraction of sp³-hybridized carbons (Fsp3) is 0.625. The van der Waals surface area contributed by atoms with Crippen LogP contribution in [0.4, 0.5) is 5.82 Å². The number of methoxy groups -OCH3 is 1. The first kappa shape index (κ1) is 17.7. The van der Waals surface area contributed by atoms with E-state index in [0.29, 0.717) is 0 Å². The van der Waals surface area contributed by atoms with Gasteiger partial charge in [0.2, 0.25) is 5.91 Å². The maximum Gasteiger partial charge on any atom is 0.239 e. The third kappa shape index (κ3) is 5.46. The minimum atomic E-state index is -0.608. The van der Waals surface area contributed by atoms with Crippen molar-refractivity contribution in [1.82, 2.24) is 15.2 Å². The van der Waals surface area contributed by atoms with Crippen LogP contribution in [0.25, 0.3) is 0 Å². The second kappa shape index (κ2) is 8.81. The highest BCUT2D eigenvalue weighted by molar-refractivity contribution is 5.81. The van der Waals surface area contributed by atoms with Crippen LogP contribution in [0.5, 0.6) is 0 Å². The molecule has 23 heavy (non-hydrogen) atoms. The van der Waals surface area contributed by atoms with Crippen molar-refractivity contribution in [3.8, 4) is 0 Å². The Morgan fingerprint density at radius 3 is 2.74 bits per heavy atom. The van der Waals surface area contributed by atoms with Crippen molar-refractivity contribution in [3.05, 3.63) is 24.4 Å². The SMILES string of the molecule is COCC(N)C(=O)NC(C)CN1CCN(c2ccccn2)CC1. The zero-order valence-corrected chi connectivity index (χ0v) is 13.9.